The first-order valence-corrected chi connectivity index (χ1v) is 4.72. The normalized spacial score (nSPS) is 9.93. The molecule has 2 heteroatoms. The zero-order valence-corrected chi connectivity index (χ0v) is 8.26. The molecule has 0 N–H and O–H groups in total. The van der Waals surface area contributed by atoms with Gasteiger partial charge in [0.1, 0.15) is 12.4 Å². The fourth-order valence-corrected chi connectivity index (χ4v) is 1.25. The van der Waals surface area contributed by atoms with Crippen LogP contribution in [0.5, 0.6) is 5.75 Å². The summed E-state index contributed by atoms with van der Waals surface area (Å²) in [5, 5.41) is 0. The second-order valence-corrected chi connectivity index (χ2v) is 3.22. The maximum absolute atomic E-state index is 5.64. The third-order valence-electron chi connectivity index (χ3n) is 1.99. The van der Waals surface area contributed by atoms with Crippen LogP contribution in [0.4, 0.5) is 0 Å². The number of rotatable bonds is 3. The second-order valence-electron chi connectivity index (χ2n) is 3.22. The molecule has 74 valence electrons. The Morgan fingerprint density at radius 3 is 2.87 bits per heavy atom. The molecule has 0 unspecified atom stereocenters. The molecule has 0 spiro atoms. The number of aromatic nitrogens is 1. The molecule has 0 bridgehead atoms. The van der Waals surface area contributed by atoms with E-state index in [0.29, 0.717) is 12.2 Å². The van der Waals surface area contributed by atoms with E-state index in [4.69, 9.17) is 11.7 Å². The second kappa shape index (κ2) is 4.60. The molecule has 0 amide bonds. The van der Waals surface area contributed by atoms with Crippen LogP contribution in [0.15, 0.2) is 48.8 Å². The van der Waals surface area contributed by atoms with Crippen molar-refractivity contribution < 1.29 is 4.74 Å². The zero-order valence-electron chi connectivity index (χ0n) is 8.26. The lowest BCUT2D eigenvalue weighted by molar-refractivity contribution is 0.305. The first-order valence-electron chi connectivity index (χ1n) is 4.72. The predicted molar refractivity (Wildman–Crippen MR) is 58.4 cm³/mol. The van der Waals surface area contributed by atoms with Gasteiger partial charge < -0.3 is 4.74 Å². The molecule has 0 aliphatic heterocycles. The zero-order chi connectivity index (χ0) is 10.5. The van der Waals surface area contributed by atoms with E-state index in [9.17, 15) is 0 Å². The summed E-state index contributed by atoms with van der Waals surface area (Å²) < 4.78 is 5.55. The first-order chi connectivity index (χ1) is 7.34. The van der Waals surface area contributed by atoms with Crippen molar-refractivity contribution in [1.82, 2.24) is 4.98 Å². The number of hydrogen-bond acceptors (Lipinski definition) is 2. The van der Waals surface area contributed by atoms with Gasteiger partial charge in [-0.1, -0.05) is 18.2 Å². The van der Waals surface area contributed by atoms with Crippen molar-refractivity contribution in [2.75, 3.05) is 0 Å². The number of pyridine rings is 1. The van der Waals surface area contributed by atoms with Gasteiger partial charge in [-0.05, 0) is 30.7 Å². The van der Waals surface area contributed by atoms with Crippen LogP contribution in [0.25, 0.3) is 0 Å². The molecule has 2 rings (SSSR count). The SMILES string of the molecule is [CH]c1cccc(OCc2cccnc2)c1. The van der Waals surface area contributed by atoms with E-state index < -0.39 is 0 Å². The highest BCUT2D eigenvalue weighted by Crippen LogP contribution is 2.13. The maximum Gasteiger partial charge on any atom is 0.120 e. The van der Waals surface area contributed by atoms with Crippen LogP contribution in [-0.4, -0.2) is 4.98 Å². The Labute approximate surface area is 89.6 Å². The Bertz CT molecular complexity index is 426. The average Bonchev–Trinajstić information content (AvgIpc) is 2.28. The van der Waals surface area contributed by atoms with E-state index in [1.54, 1.807) is 18.5 Å². The summed E-state index contributed by atoms with van der Waals surface area (Å²) in [6.07, 6.45) is 3.52. The van der Waals surface area contributed by atoms with Crippen molar-refractivity contribution in [1.29, 1.82) is 0 Å². The lowest BCUT2D eigenvalue weighted by atomic mass is 10.2. The van der Waals surface area contributed by atoms with Gasteiger partial charge in [-0.15, -0.1) is 0 Å². The van der Waals surface area contributed by atoms with Gasteiger partial charge in [0.15, 0.2) is 0 Å². The van der Waals surface area contributed by atoms with E-state index in [1.807, 2.05) is 30.3 Å². The Morgan fingerprint density at radius 2 is 2.13 bits per heavy atom. The molecular weight excluding hydrogens is 186 g/mol. The van der Waals surface area contributed by atoms with Gasteiger partial charge in [0, 0.05) is 18.0 Å². The summed E-state index contributed by atoms with van der Waals surface area (Å²) in [4.78, 5) is 4.01. The van der Waals surface area contributed by atoms with E-state index in [0.717, 1.165) is 11.3 Å². The fourth-order valence-electron chi connectivity index (χ4n) is 1.25. The van der Waals surface area contributed by atoms with Gasteiger partial charge in [-0.2, -0.15) is 0 Å². The van der Waals surface area contributed by atoms with Crippen LogP contribution in [0.1, 0.15) is 11.1 Å². The standard InChI is InChI=1S/C13H11NO/c1-11-4-2-6-13(8-11)15-10-12-5-3-7-14-9-12/h1-9H,10H2. The van der Waals surface area contributed by atoms with Crippen LogP contribution in [-0.2, 0) is 6.61 Å². The van der Waals surface area contributed by atoms with Gasteiger partial charge >= 0.3 is 0 Å². The molecule has 15 heavy (non-hydrogen) atoms. The molecule has 1 aromatic heterocycles. The maximum atomic E-state index is 5.64. The van der Waals surface area contributed by atoms with Crippen molar-refractivity contribution in [3.05, 3.63) is 66.8 Å². The van der Waals surface area contributed by atoms with Crippen LogP contribution in [0, 0.1) is 6.92 Å². The van der Waals surface area contributed by atoms with Gasteiger partial charge in [0.2, 0.25) is 0 Å². The molecule has 0 saturated carbocycles. The van der Waals surface area contributed by atoms with Crippen molar-refractivity contribution in [3.8, 4) is 5.75 Å². The minimum absolute atomic E-state index is 0.511. The van der Waals surface area contributed by atoms with Crippen molar-refractivity contribution in [2.24, 2.45) is 0 Å². The van der Waals surface area contributed by atoms with Gasteiger partial charge in [0.25, 0.3) is 0 Å². The smallest absolute Gasteiger partial charge is 0.120 e. The molecule has 1 aromatic carbocycles. The summed E-state index contributed by atoms with van der Waals surface area (Å²) >= 11 is 0. The number of benzene rings is 1. The van der Waals surface area contributed by atoms with Gasteiger partial charge in [0.05, 0.1) is 0 Å². The third-order valence-corrected chi connectivity index (χ3v) is 1.99. The van der Waals surface area contributed by atoms with Crippen LogP contribution >= 0.6 is 0 Å². The number of ether oxygens (including phenoxy) is 1. The number of hydrogen-bond donors (Lipinski definition) is 0. The Kier molecular flexibility index (Phi) is 2.98. The van der Waals surface area contributed by atoms with Crippen LogP contribution in [0.3, 0.4) is 0 Å². The molecule has 0 aliphatic rings. The van der Waals surface area contributed by atoms with Crippen molar-refractivity contribution in [3.63, 3.8) is 0 Å². The van der Waals surface area contributed by atoms with E-state index in [-0.39, 0.29) is 0 Å². The molecule has 0 fully saturated rings. The molecule has 0 atom stereocenters. The quantitative estimate of drug-likeness (QED) is 0.754. The monoisotopic (exact) mass is 197 g/mol. The Morgan fingerprint density at radius 1 is 1.20 bits per heavy atom. The molecule has 0 saturated heterocycles. The highest BCUT2D eigenvalue weighted by Gasteiger charge is 1.95. The van der Waals surface area contributed by atoms with Gasteiger partial charge in [-0.3, -0.25) is 4.98 Å². The highest BCUT2D eigenvalue weighted by atomic mass is 16.5. The summed E-state index contributed by atoms with van der Waals surface area (Å²) in [5.41, 5.74) is 1.75. The predicted octanol–water partition coefficient (Wildman–Crippen LogP) is 2.72. The van der Waals surface area contributed by atoms with E-state index >= 15 is 0 Å². The van der Waals surface area contributed by atoms with Crippen molar-refractivity contribution >= 4 is 0 Å². The Balaban J connectivity index is 1.99. The topological polar surface area (TPSA) is 22.1 Å². The molecule has 2 nitrogen and oxygen atoms in total. The fraction of sp³-hybridized carbons (Fsp3) is 0.0769. The lowest BCUT2D eigenvalue weighted by Gasteiger charge is -2.06. The first kappa shape index (κ1) is 9.71. The minimum atomic E-state index is 0.511. The summed E-state index contributed by atoms with van der Waals surface area (Å²) in [7, 11) is 0. The summed E-state index contributed by atoms with van der Waals surface area (Å²) in [5.74, 6) is 0.777. The lowest BCUT2D eigenvalue weighted by Crippen LogP contribution is -1.95. The minimum Gasteiger partial charge on any atom is -0.489 e. The summed E-state index contributed by atoms with van der Waals surface area (Å²) in [6.45, 7) is 6.15. The van der Waals surface area contributed by atoms with Crippen LogP contribution < -0.4 is 4.74 Å². The highest BCUT2D eigenvalue weighted by molar-refractivity contribution is 5.30. The molecule has 0 aliphatic carbocycles. The van der Waals surface area contributed by atoms with Crippen molar-refractivity contribution in [2.45, 2.75) is 6.61 Å². The molecule has 2 aromatic rings. The molecule has 2 radical (unpaired) electrons. The summed E-state index contributed by atoms with van der Waals surface area (Å²) in [6, 6.07) is 11.2. The van der Waals surface area contributed by atoms with Crippen LogP contribution in [0.2, 0.25) is 0 Å². The molecular formula is C13H11NO. The third kappa shape index (κ3) is 2.81. The van der Waals surface area contributed by atoms with E-state index in [1.165, 1.54) is 0 Å². The Hall–Kier alpha value is -1.83. The largest absolute Gasteiger partial charge is 0.489 e. The number of nitrogens with zero attached hydrogens (tertiary/aromatic N) is 1. The van der Waals surface area contributed by atoms with Gasteiger partial charge in [-0.25, -0.2) is 0 Å². The van der Waals surface area contributed by atoms with E-state index in [2.05, 4.69) is 4.98 Å². The molecule has 1 heterocycles. The average molecular weight is 197 g/mol.